The van der Waals surface area contributed by atoms with Gasteiger partial charge in [0.1, 0.15) is 0 Å². The van der Waals surface area contributed by atoms with E-state index < -0.39 is 91.1 Å². The fourth-order valence-corrected chi connectivity index (χ4v) is 2.87. The van der Waals surface area contributed by atoms with Gasteiger partial charge in [0.25, 0.3) is 0 Å². The van der Waals surface area contributed by atoms with Crippen LogP contribution in [-0.4, -0.2) is 101 Å². The van der Waals surface area contributed by atoms with Gasteiger partial charge in [-0.2, -0.15) is 0 Å². The molecule has 1 atom stereocenters. The Labute approximate surface area is 170 Å². The molecule has 0 aromatic heterocycles. The molecule has 168 valence electrons. The SMILES string of the molecule is NCC(=O)C(=O)[C@@](C(=O)CN)(N(C(=O)CN)C(=O)CN)C(O)(C(=O)CN)C(=O)CN. The Kier molecular flexibility index (Phi) is 9.83. The Hall–Kier alpha value is -2.79. The average Bonchev–Trinajstić information content (AvgIpc) is 2.77. The van der Waals surface area contributed by atoms with Crippen molar-refractivity contribution in [1.29, 1.82) is 0 Å². The fourth-order valence-electron chi connectivity index (χ4n) is 2.87. The van der Waals surface area contributed by atoms with Gasteiger partial charge in [-0.1, -0.05) is 0 Å². The van der Waals surface area contributed by atoms with Crippen LogP contribution in [0.4, 0.5) is 0 Å². The van der Waals surface area contributed by atoms with E-state index in [1.54, 1.807) is 0 Å². The molecule has 0 saturated heterocycles. The Bertz CT molecular complexity index is 736. The number of carbonyl (C=O) groups is 7. The third-order valence-electron chi connectivity index (χ3n) is 4.24. The van der Waals surface area contributed by atoms with E-state index in [2.05, 4.69) is 0 Å². The number of rotatable bonds is 13. The molecule has 15 heteroatoms. The van der Waals surface area contributed by atoms with Gasteiger partial charge in [0, 0.05) is 0 Å². The first kappa shape index (κ1) is 27.2. The Balaban J connectivity index is 7.92. The van der Waals surface area contributed by atoms with Crippen LogP contribution in [0.5, 0.6) is 0 Å². The summed E-state index contributed by atoms with van der Waals surface area (Å²) in [4.78, 5) is 88.1. The average molecular weight is 431 g/mol. The molecule has 0 spiro atoms. The Morgan fingerprint density at radius 1 is 0.600 bits per heavy atom. The van der Waals surface area contributed by atoms with Crippen LogP contribution in [0.15, 0.2) is 0 Å². The number of imide groups is 1. The summed E-state index contributed by atoms with van der Waals surface area (Å²) in [6, 6.07) is 0. The van der Waals surface area contributed by atoms with Crippen molar-refractivity contribution in [1.82, 2.24) is 4.90 Å². The smallest absolute Gasteiger partial charge is 0.244 e. The van der Waals surface area contributed by atoms with Crippen LogP contribution in [0, 0.1) is 0 Å². The van der Waals surface area contributed by atoms with E-state index in [1.165, 1.54) is 0 Å². The number of Topliss-reactive ketones (excluding diaryl/α,β-unsaturated/α-hetero) is 5. The van der Waals surface area contributed by atoms with Gasteiger partial charge in [0.15, 0.2) is 17.3 Å². The summed E-state index contributed by atoms with van der Waals surface area (Å²) < 4.78 is 0. The highest BCUT2D eigenvalue weighted by molar-refractivity contribution is 6.50. The van der Waals surface area contributed by atoms with E-state index in [4.69, 9.17) is 34.4 Å². The van der Waals surface area contributed by atoms with Crippen LogP contribution in [0.25, 0.3) is 0 Å². The summed E-state index contributed by atoms with van der Waals surface area (Å²) in [5, 5.41) is 11.2. The van der Waals surface area contributed by atoms with Gasteiger partial charge in [0.05, 0.1) is 39.3 Å². The number of ketones is 5. The van der Waals surface area contributed by atoms with Crippen molar-refractivity contribution < 1.29 is 38.7 Å². The van der Waals surface area contributed by atoms with Crippen LogP contribution in [-0.2, 0) is 33.6 Å². The molecule has 0 unspecified atom stereocenters. The van der Waals surface area contributed by atoms with Crippen molar-refractivity contribution in [3.63, 3.8) is 0 Å². The molecule has 0 aliphatic heterocycles. The molecule has 2 amide bonds. The van der Waals surface area contributed by atoms with Crippen LogP contribution in [0.3, 0.4) is 0 Å². The van der Waals surface area contributed by atoms with Crippen LogP contribution >= 0.6 is 0 Å². The van der Waals surface area contributed by atoms with E-state index in [0.29, 0.717) is 0 Å². The van der Waals surface area contributed by atoms with Crippen molar-refractivity contribution in [2.45, 2.75) is 11.1 Å². The second-order valence-electron chi connectivity index (χ2n) is 5.79. The van der Waals surface area contributed by atoms with Gasteiger partial charge in [-0.15, -0.1) is 0 Å². The highest BCUT2D eigenvalue weighted by Crippen LogP contribution is 2.34. The minimum absolute atomic E-state index is 0.306. The zero-order chi connectivity index (χ0) is 23.9. The zero-order valence-corrected chi connectivity index (χ0v) is 16.0. The standard InChI is InChI=1S/C15H25N7O8/c16-1-7(23)13(29)14(8(24)2-17,22(11(27)5-20)12(28)6-21)15(30,9(25)3-18)10(26)4-19/h30H,1-6,16-21H2/t14-/m1/s1. The van der Waals surface area contributed by atoms with Crippen molar-refractivity contribution in [3.8, 4) is 0 Å². The number of amides is 2. The predicted molar refractivity (Wildman–Crippen MR) is 98.9 cm³/mol. The lowest BCUT2D eigenvalue weighted by atomic mass is 9.66. The molecule has 0 fully saturated rings. The molecule has 0 bridgehead atoms. The molecule has 0 radical (unpaired) electrons. The molecule has 0 aromatic rings. The summed E-state index contributed by atoms with van der Waals surface area (Å²) in [5.41, 5.74) is 23.6. The van der Waals surface area contributed by atoms with Crippen molar-refractivity contribution >= 4 is 40.7 Å². The summed E-state index contributed by atoms with van der Waals surface area (Å²) in [5.74, 6) is -11.9. The number of carbonyl (C=O) groups excluding carboxylic acids is 7. The number of nitrogens with zero attached hydrogens (tertiary/aromatic N) is 1. The van der Waals surface area contributed by atoms with Crippen LogP contribution < -0.4 is 34.4 Å². The van der Waals surface area contributed by atoms with Gasteiger partial charge >= 0.3 is 0 Å². The van der Waals surface area contributed by atoms with Crippen molar-refractivity contribution in [3.05, 3.63) is 0 Å². The molecule has 15 nitrogen and oxygen atoms in total. The third kappa shape index (κ3) is 4.08. The van der Waals surface area contributed by atoms with Gasteiger partial charge in [0.2, 0.25) is 34.5 Å². The molecular weight excluding hydrogens is 406 g/mol. The first-order valence-corrected chi connectivity index (χ1v) is 8.39. The first-order chi connectivity index (χ1) is 13.9. The number of aliphatic hydroxyl groups is 1. The predicted octanol–water partition coefficient (Wildman–Crippen LogP) is -7.59. The molecule has 0 heterocycles. The lowest BCUT2D eigenvalue weighted by molar-refractivity contribution is -0.186. The van der Waals surface area contributed by atoms with Crippen molar-refractivity contribution in [2.75, 3.05) is 39.3 Å². The van der Waals surface area contributed by atoms with E-state index in [1.807, 2.05) is 0 Å². The molecular formula is C15H25N7O8. The third-order valence-corrected chi connectivity index (χ3v) is 4.24. The minimum atomic E-state index is -3.87. The number of hydrogen-bond donors (Lipinski definition) is 7. The second kappa shape index (κ2) is 10.8. The van der Waals surface area contributed by atoms with E-state index in [9.17, 15) is 38.7 Å². The lowest BCUT2D eigenvalue weighted by Gasteiger charge is -2.47. The highest BCUT2D eigenvalue weighted by Gasteiger charge is 2.72. The van der Waals surface area contributed by atoms with E-state index in [-0.39, 0.29) is 4.90 Å². The maximum Gasteiger partial charge on any atom is 0.244 e. The van der Waals surface area contributed by atoms with E-state index >= 15 is 0 Å². The zero-order valence-electron chi connectivity index (χ0n) is 16.0. The van der Waals surface area contributed by atoms with Gasteiger partial charge in [-0.05, 0) is 0 Å². The molecule has 0 aliphatic rings. The summed E-state index contributed by atoms with van der Waals surface area (Å²) in [7, 11) is 0. The first-order valence-electron chi connectivity index (χ1n) is 8.39. The van der Waals surface area contributed by atoms with Crippen molar-refractivity contribution in [2.24, 2.45) is 34.4 Å². The maximum absolute atomic E-state index is 13.1. The highest BCUT2D eigenvalue weighted by atomic mass is 16.3. The van der Waals surface area contributed by atoms with Crippen LogP contribution in [0.2, 0.25) is 0 Å². The Morgan fingerprint density at radius 2 is 0.967 bits per heavy atom. The molecule has 0 saturated carbocycles. The molecule has 0 aromatic carbocycles. The van der Waals surface area contributed by atoms with Gasteiger partial charge in [-0.3, -0.25) is 38.5 Å². The van der Waals surface area contributed by atoms with Crippen LogP contribution in [0.1, 0.15) is 0 Å². The lowest BCUT2D eigenvalue weighted by Crippen LogP contribution is -2.83. The van der Waals surface area contributed by atoms with E-state index in [0.717, 1.165) is 0 Å². The number of nitrogens with two attached hydrogens (primary N) is 6. The van der Waals surface area contributed by atoms with Gasteiger partial charge < -0.3 is 39.5 Å². The summed E-state index contributed by atoms with van der Waals surface area (Å²) in [6.45, 7) is -6.81. The Morgan fingerprint density at radius 3 is 1.23 bits per heavy atom. The topological polar surface area (TPSA) is 299 Å². The van der Waals surface area contributed by atoms with Gasteiger partial charge in [-0.25, -0.2) is 0 Å². The monoisotopic (exact) mass is 431 g/mol. The normalized spacial score (nSPS) is 13.2. The number of hydrogen-bond acceptors (Lipinski definition) is 14. The second-order valence-corrected chi connectivity index (χ2v) is 5.79. The minimum Gasteiger partial charge on any atom is -0.372 e. The molecule has 0 aliphatic carbocycles. The largest absolute Gasteiger partial charge is 0.372 e. The molecule has 13 N–H and O–H groups in total. The maximum atomic E-state index is 13.1. The summed E-state index contributed by atoms with van der Waals surface area (Å²) in [6.07, 6.45) is 0. The molecule has 0 rings (SSSR count). The fraction of sp³-hybridized carbons (Fsp3) is 0.533. The summed E-state index contributed by atoms with van der Waals surface area (Å²) >= 11 is 0. The quantitative estimate of drug-likeness (QED) is 0.105. The molecule has 30 heavy (non-hydrogen) atoms.